The molecular weight excluding hydrogens is 753 g/mol. The van der Waals surface area contributed by atoms with Gasteiger partial charge < -0.3 is 9.13 Å². The quantitative estimate of drug-likeness (QED) is 0.163. The molecule has 0 unspecified atom stereocenters. The van der Waals surface area contributed by atoms with Crippen molar-refractivity contribution in [3.05, 3.63) is 219 Å². The average molecular weight is 789 g/mol. The topological polar surface area (TPSA) is 35.6 Å². The van der Waals surface area contributed by atoms with Crippen LogP contribution in [0.2, 0.25) is 0 Å². The fourth-order valence-corrected chi connectivity index (χ4v) is 10.0. The van der Waals surface area contributed by atoms with Crippen molar-refractivity contribution in [3.8, 4) is 44.8 Å². The van der Waals surface area contributed by atoms with Crippen molar-refractivity contribution in [2.45, 2.75) is 0 Å². The minimum atomic E-state index is 0.972. The van der Waals surface area contributed by atoms with Gasteiger partial charge in [0.1, 0.15) is 6.33 Å². The molecule has 0 aliphatic carbocycles. The Morgan fingerprint density at radius 3 is 1.23 bits per heavy atom. The summed E-state index contributed by atoms with van der Waals surface area (Å²) in [6, 6.07) is 73.4. The van der Waals surface area contributed by atoms with E-state index in [1.54, 1.807) is 6.33 Å². The molecule has 4 nitrogen and oxygen atoms in total. The number of rotatable bonds is 5. The Bertz CT molecular complexity index is 3880. The minimum absolute atomic E-state index is 0.972. The van der Waals surface area contributed by atoms with E-state index >= 15 is 0 Å². The van der Waals surface area contributed by atoms with Crippen molar-refractivity contribution in [2.24, 2.45) is 0 Å². The summed E-state index contributed by atoms with van der Waals surface area (Å²) in [5.41, 5.74) is 13.7. The van der Waals surface area contributed by atoms with E-state index < -0.39 is 0 Å². The van der Waals surface area contributed by atoms with Crippen molar-refractivity contribution >= 4 is 75.9 Å². The van der Waals surface area contributed by atoms with Crippen LogP contribution in [0.1, 0.15) is 0 Å². The van der Waals surface area contributed by atoms with Gasteiger partial charge in [-0.2, -0.15) is 0 Å². The summed E-state index contributed by atoms with van der Waals surface area (Å²) in [6.45, 7) is 0. The van der Waals surface area contributed by atoms with Gasteiger partial charge in [-0.25, -0.2) is 9.97 Å². The third-order valence-corrected chi connectivity index (χ3v) is 12.8. The second kappa shape index (κ2) is 13.6. The molecule has 288 valence electrons. The highest BCUT2D eigenvalue weighted by molar-refractivity contribution is 6.26. The van der Waals surface area contributed by atoms with Crippen molar-refractivity contribution in [2.75, 3.05) is 0 Å². The highest BCUT2D eigenvalue weighted by Crippen LogP contribution is 2.41. The molecule has 13 aromatic rings. The number of nitrogens with zero attached hydrogens (tertiary/aromatic N) is 4. The predicted molar refractivity (Wildman–Crippen MR) is 260 cm³/mol. The third-order valence-electron chi connectivity index (χ3n) is 12.8. The maximum atomic E-state index is 4.43. The van der Waals surface area contributed by atoms with Crippen LogP contribution in [0.5, 0.6) is 0 Å². The van der Waals surface area contributed by atoms with Gasteiger partial charge in [-0.15, -0.1) is 0 Å². The van der Waals surface area contributed by atoms with Crippen LogP contribution in [0.25, 0.3) is 121 Å². The molecule has 0 bridgehead atoms. The molecule has 0 aliphatic heterocycles. The summed E-state index contributed by atoms with van der Waals surface area (Å²) >= 11 is 0. The zero-order chi connectivity index (χ0) is 40.7. The molecule has 0 amide bonds. The molecule has 3 aromatic heterocycles. The van der Waals surface area contributed by atoms with Gasteiger partial charge in [-0.3, -0.25) is 0 Å². The van der Waals surface area contributed by atoms with E-state index in [0.717, 1.165) is 44.7 Å². The van der Waals surface area contributed by atoms with Crippen LogP contribution in [0, 0.1) is 0 Å². The Morgan fingerprint density at radius 1 is 0.242 bits per heavy atom. The molecule has 0 spiro atoms. The Hall–Kier alpha value is -8.34. The van der Waals surface area contributed by atoms with Crippen molar-refractivity contribution in [3.63, 3.8) is 0 Å². The number of hydrogen-bond acceptors (Lipinski definition) is 2. The molecule has 0 radical (unpaired) electrons. The molecule has 4 heteroatoms. The van der Waals surface area contributed by atoms with Crippen LogP contribution in [0.15, 0.2) is 219 Å². The van der Waals surface area contributed by atoms with Gasteiger partial charge in [0.25, 0.3) is 0 Å². The van der Waals surface area contributed by atoms with Gasteiger partial charge in [0.2, 0.25) is 0 Å². The fourth-order valence-electron chi connectivity index (χ4n) is 10.0. The van der Waals surface area contributed by atoms with Gasteiger partial charge in [-0.1, -0.05) is 127 Å². The number of hydrogen-bond donors (Lipinski definition) is 0. The Kier molecular flexibility index (Phi) is 7.57. The Balaban J connectivity index is 1.01. The van der Waals surface area contributed by atoms with Crippen LogP contribution in [-0.2, 0) is 0 Å². The summed E-state index contributed by atoms with van der Waals surface area (Å²) in [6.07, 6.45) is 5.40. The largest absolute Gasteiger partial charge is 0.309 e. The standard InChI is InChI=1S/C58H36N4/c1-2-12-43(13-3-1)61-55-20-10-8-18-50(55)53-32-37(23-26-57(53)61)38-24-27-58-54(33-38)51-19-9-11-21-56(51)62(58)44-29-40(28-41(30-44)42-34-59-36-60-35-42)39-22-25-49-47-16-5-4-14-45(47)46-15-6-7-17-48(46)52(49)31-39/h1-36H. The molecule has 10 aromatic carbocycles. The van der Waals surface area contributed by atoms with Gasteiger partial charge in [-0.05, 0) is 133 Å². The molecule has 13 rings (SSSR count). The molecule has 0 saturated carbocycles. The highest BCUT2D eigenvalue weighted by atomic mass is 15.0. The number of fused-ring (bicyclic) bond motifs is 12. The first-order chi connectivity index (χ1) is 30.7. The molecule has 3 heterocycles. The smallest absolute Gasteiger partial charge is 0.115 e. The van der Waals surface area contributed by atoms with E-state index in [4.69, 9.17) is 0 Å². The molecule has 0 fully saturated rings. The van der Waals surface area contributed by atoms with E-state index in [1.807, 2.05) is 12.4 Å². The number of para-hydroxylation sites is 3. The van der Waals surface area contributed by atoms with Crippen molar-refractivity contribution < 1.29 is 0 Å². The zero-order valence-corrected chi connectivity index (χ0v) is 33.6. The van der Waals surface area contributed by atoms with Crippen LogP contribution >= 0.6 is 0 Å². The van der Waals surface area contributed by atoms with Crippen LogP contribution in [0.4, 0.5) is 0 Å². The van der Waals surface area contributed by atoms with Gasteiger partial charge in [0.15, 0.2) is 0 Å². The molecular formula is C58H36N4. The lowest BCUT2D eigenvalue weighted by Gasteiger charge is -2.15. The third kappa shape index (κ3) is 5.27. The van der Waals surface area contributed by atoms with E-state index in [1.165, 1.54) is 76.0 Å². The summed E-state index contributed by atoms with van der Waals surface area (Å²) in [4.78, 5) is 8.86. The second-order valence-corrected chi connectivity index (χ2v) is 16.3. The maximum Gasteiger partial charge on any atom is 0.115 e. The molecule has 62 heavy (non-hydrogen) atoms. The summed E-state index contributed by atoms with van der Waals surface area (Å²) in [5, 5.41) is 12.5. The second-order valence-electron chi connectivity index (χ2n) is 16.3. The van der Waals surface area contributed by atoms with Crippen LogP contribution < -0.4 is 0 Å². The van der Waals surface area contributed by atoms with E-state index in [9.17, 15) is 0 Å². The minimum Gasteiger partial charge on any atom is -0.309 e. The van der Waals surface area contributed by atoms with Gasteiger partial charge in [0, 0.05) is 50.9 Å². The lowest BCUT2D eigenvalue weighted by atomic mass is 9.91. The highest BCUT2D eigenvalue weighted by Gasteiger charge is 2.18. The monoisotopic (exact) mass is 788 g/mol. The van der Waals surface area contributed by atoms with E-state index in [-0.39, 0.29) is 0 Å². The Morgan fingerprint density at radius 2 is 0.645 bits per heavy atom. The van der Waals surface area contributed by atoms with Gasteiger partial charge >= 0.3 is 0 Å². The van der Waals surface area contributed by atoms with Crippen molar-refractivity contribution in [1.82, 2.24) is 19.1 Å². The average Bonchev–Trinajstić information content (AvgIpc) is 3.86. The van der Waals surface area contributed by atoms with E-state index in [0.29, 0.717) is 0 Å². The molecule has 0 N–H and O–H groups in total. The Labute approximate surface area is 357 Å². The molecule has 0 saturated heterocycles. The normalized spacial score (nSPS) is 11.9. The summed E-state index contributed by atoms with van der Waals surface area (Å²) in [5.74, 6) is 0. The predicted octanol–water partition coefficient (Wildman–Crippen LogP) is 15.1. The molecule has 0 aliphatic rings. The van der Waals surface area contributed by atoms with Crippen molar-refractivity contribution in [1.29, 1.82) is 0 Å². The number of benzene rings is 10. The lowest BCUT2D eigenvalue weighted by molar-refractivity contribution is 1.16. The fraction of sp³-hybridized carbons (Fsp3) is 0. The maximum absolute atomic E-state index is 4.43. The lowest BCUT2D eigenvalue weighted by Crippen LogP contribution is -1.96. The zero-order valence-electron chi connectivity index (χ0n) is 33.6. The van der Waals surface area contributed by atoms with Crippen LogP contribution in [-0.4, -0.2) is 19.1 Å². The summed E-state index contributed by atoms with van der Waals surface area (Å²) in [7, 11) is 0. The van der Waals surface area contributed by atoms with E-state index in [2.05, 4.69) is 219 Å². The summed E-state index contributed by atoms with van der Waals surface area (Å²) < 4.78 is 4.79. The first-order valence-electron chi connectivity index (χ1n) is 21.1. The molecule has 0 atom stereocenters. The van der Waals surface area contributed by atoms with Gasteiger partial charge in [0.05, 0.1) is 22.1 Å². The first-order valence-corrected chi connectivity index (χ1v) is 21.1. The number of aromatic nitrogens is 4. The SMILES string of the molecule is c1ccc(-n2c3ccccc3c3cc(-c4ccc5c(c4)c4ccccc4n5-c4cc(-c5cncnc5)cc(-c5ccc6c7ccccc7c7ccccc7c6c5)c4)ccc32)cc1. The van der Waals surface area contributed by atoms with Crippen LogP contribution in [0.3, 0.4) is 0 Å². The first kappa shape index (κ1) is 34.5.